The van der Waals surface area contributed by atoms with E-state index < -0.39 is 17.8 Å². The number of benzene rings is 1. The van der Waals surface area contributed by atoms with Crippen LogP contribution < -0.4 is 10.9 Å². The number of nitrogens with zero attached hydrogens (tertiary/aromatic N) is 4. The highest BCUT2D eigenvalue weighted by atomic mass is 32.1. The zero-order valence-corrected chi connectivity index (χ0v) is 24.5. The molecule has 0 bridgehead atoms. The summed E-state index contributed by atoms with van der Waals surface area (Å²) < 4.78 is 42.2. The molecule has 0 unspecified atom stereocenters. The summed E-state index contributed by atoms with van der Waals surface area (Å²) >= 11 is 1.21. The third-order valence-corrected chi connectivity index (χ3v) is 8.12. The molecule has 11 heteroatoms. The Labute approximate surface area is 246 Å². The summed E-state index contributed by atoms with van der Waals surface area (Å²) in [5.74, 6) is -0.577. The Morgan fingerprint density at radius 3 is 2.52 bits per heavy atom. The van der Waals surface area contributed by atoms with Crippen molar-refractivity contribution in [3.63, 3.8) is 0 Å². The Morgan fingerprint density at radius 1 is 1.12 bits per heavy atom. The molecule has 1 saturated heterocycles. The van der Waals surface area contributed by atoms with E-state index >= 15 is 0 Å². The average molecular weight is 596 g/mol. The maximum absolute atomic E-state index is 14.7. The van der Waals surface area contributed by atoms with Gasteiger partial charge in [0.05, 0.1) is 22.5 Å². The van der Waals surface area contributed by atoms with Gasteiger partial charge in [-0.05, 0) is 54.7 Å². The molecule has 4 heterocycles. The predicted molar refractivity (Wildman–Crippen MR) is 158 cm³/mol. The summed E-state index contributed by atoms with van der Waals surface area (Å²) in [5.41, 5.74) is 2.54. The molecule has 220 valence electrons. The van der Waals surface area contributed by atoms with E-state index in [4.69, 9.17) is 0 Å². The molecule has 3 aromatic heterocycles. The summed E-state index contributed by atoms with van der Waals surface area (Å²) in [5, 5.41) is 5.34. The number of aromatic nitrogens is 3. The maximum atomic E-state index is 14.7. The number of amides is 1. The van der Waals surface area contributed by atoms with Gasteiger partial charge in [0.1, 0.15) is 16.5 Å². The summed E-state index contributed by atoms with van der Waals surface area (Å²) in [4.78, 5) is 38.6. The van der Waals surface area contributed by atoms with E-state index in [1.54, 1.807) is 22.4 Å². The van der Waals surface area contributed by atoms with Crippen molar-refractivity contribution in [3.05, 3.63) is 86.7 Å². The Bertz CT molecular complexity index is 1640. The molecular formula is C31H32F3N5O2S. The number of pyridine rings is 2. The van der Waals surface area contributed by atoms with E-state index in [0.717, 1.165) is 5.56 Å². The van der Waals surface area contributed by atoms with Crippen molar-refractivity contribution in [1.82, 2.24) is 24.8 Å². The number of piperazine rings is 1. The lowest BCUT2D eigenvalue weighted by Crippen LogP contribution is -2.47. The molecule has 1 aliphatic heterocycles. The van der Waals surface area contributed by atoms with Gasteiger partial charge in [-0.2, -0.15) is 0 Å². The number of rotatable bonds is 8. The van der Waals surface area contributed by atoms with Gasteiger partial charge in [0.2, 0.25) is 0 Å². The second kappa shape index (κ2) is 12.6. The van der Waals surface area contributed by atoms with Crippen molar-refractivity contribution in [2.24, 2.45) is 5.92 Å². The first-order valence-corrected chi connectivity index (χ1v) is 14.8. The normalized spacial score (nSPS) is 13.8. The first-order valence-electron chi connectivity index (χ1n) is 14.0. The van der Waals surface area contributed by atoms with E-state index in [1.807, 2.05) is 20.8 Å². The molecular weight excluding hydrogens is 563 g/mol. The third kappa shape index (κ3) is 6.03. The SMILES string of the molecule is CCc1ccc(F)cc1-n1c(CC(C)C)c(C(=O)N2CCNCC2)cc(-c2nc(-c3ccc(C(F)F)nc3)cs2)c1=O. The monoisotopic (exact) mass is 595 g/mol. The zero-order valence-electron chi connectivity index (χ0n) is 23.7. The van der Waals surface area contributed by atoms with Crippen LogP contribution in [0, 0.1) is 11.7 Å². The zero-order chi connectivity index (χ0) is 30.0. The smallest absolute Gasteiger partial charge is 0.280 e. The summed E-state index contributed by atoms with van der Waals surface area (Å²) in [6, 6.07) is 8.75. The van der Waals surface area contributed by atoms with E-state index in [0.29, 0.717) is 72.2 Å². The number of aryl methyl sites for hydroxylation is 1. The number of carbonyl (C=O) groups is 1. The molecule has 42 heavy (non-hydrogen) atoms. The second-order valence-corrected chi connectivity index (χ2v) is 11.5. The molecule has 0 aliphatic carbocycles. The van der Waals surface area contributed by atoms with Crippen molar-refractivity contribution in [2.75, 3.05) is 26.2 Å². The van der Waals surface area contributed by atoms with E-state index in [1.165, 1.54) is 46.4 Å². The van der Waals surface area contributed by atoms with Crippen molar-refractivity contribution in [1.29, 1.82) is 0 Å². The maximum Gasteiger partial charge on any atom is 0.280 e. The van der Waals surface area contributed by atoms with Crippen LogP contribution in [0.2, 0.25) is 0 Å². The number of nitrogens with one attached hydrogen (secondary N) is 1. The minimum Gasteiger partial charge on any atom is -0.336 e. The van der Waals surface area contributed by atoms with E-state index in [2.05, 4.69) is 15.3 Å². The lowest BCUT2D eigenvalue weighted by atomic mass is 9.98. The molecule has 1 fully saturated rings. The van der Waals surface area contributed by atoms with E-state index in [9.17, 15) is 22.8 Å². The quantitative estimate of drug-likeness (QED) is 0.274. The van der Waals surface area contributed by atoms with Gasteiger partial charge >= 0.3 is 0 Å². The van der Waals surface area contributed by atoms with Gasteiger partial charge in [0.25, 0.3) is 17.9 Å². The second-order valence-electron chi connectivity index (χ2n) is 10.6. The highest BCUT2D eigenvalue weighted by Crippen LogP contribution is 2.31. The number of thiazole rings is 1. The predicted octanol–water partition coefficient (Wildman–Crippen LogP) is 5.91. The van der Waals surface area contributed by atoms with Gasteiger partial charge in [-0.15, -0.1) is 11.3 Å². The van der Waals surface area contributed by atoms with Gasteiger partial charge in [0, 0.05) is 49.0 Å². The number of halogens is 3. The summed E-state index contributed by atoms with van der Waals surface area (Å²) in [7, 11) is 0. The lowest BCUT2D eigenvalue weighted by Gasteiger charge is -2.29. The number of hydrogen-bond acceptors (Lipinski definition) is 6. The minimum atomic E-state index is -2.68. The molecule has 0 atom stereocenters. The average Bonchev–Trinajstić information content (AvgIpc) is 3.47. The third-order valence-electron chi connectivity index (χ3n) is 7.25. The first kappa shape index (κ1) is 29.7. The number of carbonyl (C=O) groups excluding carboxylic acids is 1. The van der Waals surface area contributed by atoms with Crippen LogP contribution in [0.3, 0.4) is 0 Å². The first-order chi connectivity index (χ1) is 20.2. The Morgan fingerprint density at radius 2 is 1.88 bits per heavy atom. The molecule has 0 saturated carbocycles. The summed E-state index contributed by atoms with van der Waals surface area (Å²) in [6.07, 6.45) is -0.384. The van der Waals surface area contributed by atoms with Crippen LogP contribution in [0.25, 0.3) is 27.5 Å². The fourth-order valence-corrected chi connectivity index (χ4v) is 5.97. The highest BCUT2D eigenvalue weighted by molar-refractivity contribution is 7.13. The van der Waals surface area contributed by atoms with Crippen LogP contribution >= 0.6 is 11.3 Å². The number of alkyl halides is 2. The molecule has 4 aromatic rings. The van der Waals surface area contributed by atoms with Gasteiger partial charge in [0.15, 0.2) is 0 Å². The van der Waals surface area contributed by atoms with Crippen LogP contribution in [0.1, 0.15) is 54.5 Å². The van der Waals surface area contributed by atoms with Crippen molar-refractivity contribution in [3.8, 4) is 27.5 Å². The minimum absolute atomic E-state index is 0.102. The Kier molecular flexibility index (Phi) is 8.88. The van der Waals surface area contributed by atoms with Crippen molar-refractivity contribution >= 4 is 17.2 Å². The van der Waals surface area contributed by atoms with Gasteiger partial charge < -0.3 is 10.2 Å². The Hall–Kier alpha value is -3.83. The highest BCUT2D eigenvalue weighted by Gasteiger charge is 2.28. The fourth-order valence-electron chi connectivity index (χ4n) is 5.13. The van der Waals surface area contributed by atoms with Gasteiger partial charge in [-0.25, -0.2) is 18.2 Å². The summed E-state index contributed by atoms with van der Waals surface area (Å²) in [6.45, 7) is 8.32. The molecule has 0 radical (unpaired) electrons. The molecule has 5 rings (SSSR count). The fraction of sp³-hybridized carbons (Fsp3) is 0.355. The van der Waals surface area contributed by atoms with Crippen LogP contribution in [-0.4, -0.2) is 51.5 Å². The number of hydrogen-bond donors (Lipinski definition) is 1. The molecule has 0 spiro atoms. The van der Waals surface area contributed by atoms with Gasteiger partial charge in [-0.1, -0.05) is 26.8 Å². The largest absolute Gasteiger partial charge is 0.336 e. The molecule has 1 aliphatic rings. The van der Waals surface area contributed by atoms with Crippen molar-refractivity contribution < 1.29 is 18.0 Å². The van der Waals surface area contributed by atoms with Crippen LogP contribution in [-0.2, 0) is 12.8 Å². The van der Waals surface area contributed by atoms with Crippen molar-refractivity contribution in [2.45, 2.75) is 40.0 Å². The molecule has 1 aromatic carbocycles. The molecule has 1 N–H and O–H groups in total. The standard InChI is InChI=1S/C31H32F3N5O2S/c1-4-19-5-7-21(32)14-26(19)39-27(13-18(2)3)22(30(40)38-11-9-35-10-12-38)15-23(31(39)41)29-37-25(17-42-29)20-6-8-24(28(33)34)36-16-20/h5-8,14-18,28,35H,4,9-13H2,1-3H3. The molecule has 7 nitrogen and oxygen atoms in total. The topological polar surface area (TPSA) is 80.1 Å². The lowest BCUT2D eigenvalue weighted by molar-refractivity contribution is 0.0733. The van der Waals surface area contributed by atoms with Gasteiger partial charge in [-0.3, -0.25) is 19.1 Å². The van der Waals surface area contributed by atoms with E-state index in [-0.39, 0.29) is 23.1 Å². The van der Waals surface area contributed by atoms with Crippen LogP contribution in [0.5, 0.6) is 0 Å². The Balaban J connectivity index is 1.74. The van der Waals surface area contributed by atoms with Crippen LogP contribution in [0.15, 0.2) is 52.8 Å². The van der Waals surface area contributed by atoms with Crippen LogP contribution in [0.4, 0.5) is 13.2 Å². The molecule has 1 amide bonds.